The van der Waals surface area contributed by atoms with Crippen molar-refractivity contribution in [3.05, 3.63) is 23.8 Å². The molecule has 0 spiro atoms. The van der Waals surface area contributed by atoms with Crippen LogP contribution >= 0.6 is 0 Å². The number of carbonyl (C=O) groups excluding carboxylic acids is 5. The van der Waals surface area contributed by atoms with Gasteiger partial charge < -0.3 is 30.3 Å². The summed E-state index contributed by atoms with van der Waals surface area (Å²) in [6.07, 6.45) is 6.72. The lowest BCUT2D eigenvalue weighted by Gasteiger charge is -2.25. The van der Waals surface area contributed by atoms with E-state index in [1.54, 1.807) is 46.2 Å². The first-order valence-corrected chi connectivity index (χ1v) is 16.2. The van der Waals surface area contributed by atoms with Crippen LogP contribution in [0.15, 0.2) is 18.2 Å². The number of amides is 4. The molecule has 1 rings (SSSR count). The van der Waals surface area contributed by atoms with Crippen LogP contribution in [0.1, 0.15) is 104 Å². The van der Waals surface area contributed by atoms with Crippen molar-refractivity contribution in [2.45, 2.75) is 123 Å². The molecule has 0 fully saturated rings. The van der Waals surface area contributed by atoms with Gasteiger partial charge in [-0.15, -0.1) is 0 Å². The van der Waals surface area contributed by atoms with Crippen molar-refractivity contribution in [1.82, 2.24) is 20.9 Å². The van der Waals surface area contributed by atoms with Gasteiger partial charge in [-0.05, 0) is 51.2 Å². The number of hydrogen-bond donors (Lipinski definition) is 3. The number of hydrogen-bond acceptors (Lipinski definition) is 7. The van der Waals surface area contributed by atoms with Crippen LogP contribution in [-0.4, -0.2) is 73.7 Å². The topological polar surface area (TPSA) is 143 Å². The molecule has 0 saturated carbocycles. The summed E-state index contributed by atoms with van der Waals surface area (Å²) in [6, 6.07) is 2.90. The van der Waals surface area contributed by atoms with Crippen molar-refractivity contribution in [3.8, 4) is 11.5 Å². The highest BCUT2D eigenvalue weighted by atomic mass is 16.5. The first kappa shape index (κ1) is 39.4. The van der Waals surface area contributed by atoms with Gasteiger partial charge in [-0.3, -0.25) is 24.0 Å². The van der Waals surface area contributed by atoms with Gasteiger partial charge in [0.1, 0.15) is 17.5 Å². The summed E-state index contributed by atoms with van der Waals surface area (Å²) in [4.78, 5) is 66.6. The van der Waals surface area contributed by atoms with Gasteiger partial charge in [-0.25, -0.2) is 0 Å². The number of rotatable bonds is 22. The van der Waals surface area contributed by atoms with Crippen LogP contribution in [0, 0.1) is 5.92 Å². The fourth-order valence-electron chi connectivity index (χ4n) is 4.85. The summed E-state index contributed by atoms with van der Waals surface area (Å²) < 4.78 is 10.7. The maximum Gasteiger partial charge on any atom is 0.289 e. The molecule has 11 heteroatoms. The lowest BCUT2D eigenvalue weighted by Crippen LogP contribution is -2.54. The third-order valence-electron chi connectivity index (χ3n) is 7.37. The summed E-state index contributed by atoms with van der Waals surface area (Å²) in [7, 11) is 4.72. The lowest BCUT2D eigenvalue weighted by atomic mass is 10.00. The molecule has 11 nitrogen and oxygen atoms in total. The standard InChI is InChI=1S/C34H56N4O7/c1-9-10-11-12-13-14-15-30(39)36-28(20-23(2)3)33(42)37-27(32(41)34(43)35-24(4)5)18-19-31(40)38(6)22-25-16-17-26(44-7)21-29(25)45-8/h16-17,21,23-24,27-28H,9-15,18-20,22H2,1-8H3,(H,35,43)(H,36,39)(H,37,42)/t27-,28-/m0/s1. The summed E-state index contributed by atoms with van der Waals surface area (Å²) in [5, 5.41) is 8.07. The highest BCUT2D eigenvalue weighted by Crippen LogP contribution is 2.25. The second-order valence-electron chi connectivity index (χ2n) is 12.3. The fraction of sp³-hybridized carbons (Fsp3) is 0.676. The lowest BCUT2D eigenvalue weighted by molar-refractivity contribution is -0.141. The first-order valence-electron chi connectivity index (χ1n) is 16.2. The Morgan fingerprint density at radius 2 is 1.49 bits per heavy atom. The van der Waals surface area contributed by atoms with Crippen LogP contribution in [0.4, 0.5) is 0 Å². The van der Waals surface area contributed by atoms with E-state index < -0.39 is 29.7 Å². The van der Waals surface area contributed by atoms with Crippen molar-refractivity contribution >= 4 is 29.4 Å². The first-order chi connectivity index (χ1) is 21.3. The van der Waals surface area contributed by atoms with Gasteiger partial charge in [-0.2, -0.15) is 0 Å². The Kier molecular flexibility index (Phi) is 18.5. The van der Waals surface area contributed by atoms with Crippen molar-refractivity contribution in [3.63, 3.8) is 0 Å². The maximum absolute atomic E-state index is 13.4. The summed E-state index contributed by atoms with van der Waals surface area (Å²) in [5.41, 5.74) is 0.764. The number of Topliss-reactive ketones (excluding diaryl/α,β-unsaturated/α-hetero) is 1. The van der Waals surface area contributed by atoms with Gasteiger partial charge in [0.05, 0.1) is 20.3 Å². The maximum atomic E-state index is 13.4. The molecule has 0 aromatic heterocycles. The van der Waals surface area contributed by atoms with E-state index in [1.165, 1.54) is 18.4 Å². The van der Waals surface area contributed by atoms with Crippen LogP contribution in [0.3, 0.4) is 0 Å². The van der Waals surface area contributed by atoms with E-state index >= 15 is 0 Å². The minimum atomic E-state index is -1.24. The van der Waals surface area contributed by atoms with Crippen LogP contribution < -0.4 is 25.4 Å². The SMILES string of the molecule is CCCCCCCCC(=O)N[C@@H](CC(C)C)C(=O)N[C@@H](CCC(=O)N(C)Cc1ccc(OC)cc1OC)C(=O)C(=O)NC(C)C. The van der Waals surface area contributed by atoms with Crippen LogP contribution in [0.2, 0.25) is 0 Å². The quantitative estimate of drug-likeness (QED) is 0.128. The number of ether oxygens (including phenoxy) is 2. The average molecular weight is 633 g/mol. The van der Waals surface area contributed by atoms with Gasteiger partial charge in [0, 0.05) is 44.1 Å². The molecule has 254 valence electrons. The van der Waals surface area contributed by atoms with E-state index in [4.69, 9.17) is 9.47 Å². The molecular formula is C34H56N4O7. The van der Waals surface area contributed by atoms with Crippen molar-refractivity contribution < 1.29 is 33.4 Å². The molecule has 2 atom stereocenters. The van der Waals surface area contributed by atoms with Crippen molar-refractivity contribution in [2.24, 2.45) is 5.92 Å². The third kappa shape index (κ3) is 15.3. The zero-order valence-corrected chi connectivity index (χ0v) is 28.6. The summed E-state index contributed by atoms with van der Waals surface area (Å²) >= 11 is 0. The number of nitrogens with zero attached hydrogens (tertiary/aromatic N) is 1. The minimum Gasteiger partial charge on any atom is -0.497 e. The Balaban J connectivity index is 2.98. The Hall–Kier alpha value is -3.63. The van der Waals surface area contributed by atoms with Gasteiger partial charge in [0.15, 0.2) is 0 Å². The molecule has 0 saturated heterocycles. The van der Waals surface area contributed by atoms with E-state index in [-0.39, 0.29) is 43.2 Å². The number of methoxy groups -OCH3 is 2. The highest BCUT2D eigenvalue weighted by Gasteiger charge is 2.31. The largest absolute Gasteiger partial charge is 0.497 e. The van der Waals surface area contributed by atoms with Crippen LogP contribution in [0.25, 0.3) is 0 Å². The van der Waals surface area contributed by atoms with Crippen LogP contribution in [0.5, 0.6) is 11.5 Å². The third-order valence-corrected chi connectivity index (χ3v) is 7.37. The van der Waals surface area contributed by atoms with Gasteiger partial charge >= 0.3 is 0 Å². The molecule has 45 heavy (non-hydrogen) atoms. The minimum absolute atomic E-state index is 0.0821. The van der Waals surface area contributed by atoms with Gasteiger partial charge in [0.25, 0.3) is 5.91 Å². The molecule has 0 bridgehead atoms. The molecule has 0 aliphatic rings. The molecule has 3 N–H and O–H groups in total. The van der Waals surface area contributed by atoms with Gasteiger partial charge in [0.2, 0.25) is 23.5 Å². The number of unbranched alkanes of at least 4 members (excludes halogenated alkanes) is 5. The van der Waals surface area contributed by atoms with Crippen molar-refractivity contribution in [1.29, 1.82) is 0 Å². The predicted octanol–water partition coefficient (Wildman–Crippen LogP) is 4.30. The number of nitrogens with one attached hydrogen (secondary N) is 3. The van der Waals surface area contributed by atoms with E-state index in [0.717, 1.165) is 37.7 Å². The zero-order chi connectivity index (χ0) is 33.9. The molecule has 0 aliphatic carbocycles. The molecular weight excluding hydrogens is 576 g/mol. The molecule has 1 aromatic carbocycles. The van der Waals surface area contributed by atoms with Crippen LogP contribution in [-0.2, 0) is 30.5 Å². The molecule has 0 heterocycles. The number of carbonyl (C=O) groups is 5. The molecule has 0 aliphatic heterocycles. The Morgan fingerprint density at radius 3 is 2.09 bits per heavy atom. The Morgan fingerprint density at radius 1 is 0.822 bits per heavy atom. The normalized spacial score (nSPS) is 12.3. The van der Waals surface area contributed by atoms with E-state index in [2.05, 4.69) is 22.9 Å². The van der Waals surface area contributed by atoms with Gasteiger partial charge in [-0.1, -0.05) is 52.9 Å². The van der Waals surface area contributed by atoms with E-state index in [1.807, 2.05) is 13.8 Å². The van der Waals surface area contributed by atoms with Crippen molar-refractivity contribution in [2.75, 3.05) is 21.3 Å². The molecule has 1 aromatic rings. The highest BCUT2D eigenvalue weighted by molar-refractivity contribution is 6.38. The smallest absolute Gasteiger partial charge is 0.289 e. The molecule has 0 unspecified atom stereocenters. The molecule has 4 amide bonds. The van der Waals surface area contributed by atoms with E-state index in [0.29, 0.717) is 24.3 Å². The zero-order valence-electron chi connectivity index (χ0n) is 28.6. The number of ketones is 1. The monoisotopic (exact) mass is 632 g/mol. The number of benzene rings is 1. The summed E-state index contributed by atoms with van der Waals surface area (Å²) in [6.45, 7) is 9.72. The molecule has 0 radical (unpaired) electrons. The predicted molar refractivity (Wildman–Crippen MR) is 175 cm³/mol. The Labute approximate surface area is 269 Å². The second kappa shape index (κ2) is 21.2. The average Bonchev–Trinajstić information content (AvgIpc) is 2.99. The fourth-order valence-corrected chi connectivity index (χ4v) is 4.85. The van der Waals surface area contributed by atoms with E-state index in [9.17, 15) is 24.0 Å². The second-order valence-corrected chi connectivity index (χ2v) is 12.3. The summed E-state index contributed by atoms with van der Waals surface area (Å²) in [5.74, 6) is -1.48. The Bertz CT molecular complexity index is 1110.